The van der Waals surface area contributed by atoms with E-state index in [1.807, 2.05) is 0 Å². The average molecular weight is 275 g/mol. The van der Waals surface area contributed by atoms with Crippen LogP contribution < -0.4 is 5.43 Å². The number of hydrogen-bond acceptors (Lipinski definition) is 6. The summed E-state index contributed by atoms with van der Waals surface area (Å²) in [5.74, 6) is -0.726. The van der Waals surface area contributed by atoms with Crippen molar-refractivity contribution in [1.29, 1.82) is 0 Å². The Balaban J connectivity index is 2.30. The van der Waals surface area contributed by atoms with E-state index >= 15 is 0 Å². The minimum atomic E-state index is -0.809. The highest BCUT2D eigenvalue weighted by atomic mass is 35.5. The highest BCUT2D eigenvalue weighted by Gasteiger charge is 2.34. The molecule has 1 saturated heterocycles. The zero-order valence-corrected chi connectivity index (χ0v) is 10.5. The molecular formula is C11H11ClO6. The third kappa shape index (κ3) is 2.27. The molecule has 0 unspecified atom stereocenters. The van der Waals surface area contributed by atoms with Gasteiger partial charge in [0, 0.05) is 0 Å². The maximum absolute atomic E-state index is 11.8. The van der Waals surface area contributed by atoms with Crippen molar-refractivity contribution in [3.8, 4) is 0 Å². The summed E-state index contributed by atoms with van der Waals surface area (Å²) in [6, 6.07) is 0. The molecule has 0 aromatic carbocycles. The minimum absolute atomic E-state index is 0.0489. The first-order valence-corrected chi connectivity index (χ1v) is 5.71. The molecule has 7 heteroatoms. The van der Waals surface area contributed by atoms with Crippen LogP contribution in [0, 0.1) is 0 Å². The Labute approximate surface area is 107 Å². The van der Waals surface area contributed by atoms with Gasteiger partial charge in [0.05, 0.1) is 6.61 Å². The molecule has 1 aromatic rings. The smallest absolute Gasteiger partial charge is 0.345 e. The predicted octanol–water partition coefficient (Wildman–Crippen LogP) is 1.86. The number of ether oxygens (including phenoxy) is 3. The Morgan fingerprint density at radius 2 is 2.17 bits per heavy atom. The van der Waals surface area contributed by atoms with E-state index in [1.54, 1.807) is 13.8 Å². The second kappa shape index (κ2) is 5.09. The van der Waals surface area contributed by atoms with Crippen molar-refractivity contribution in [2.75, 3.05) is 6.61 Å². The molecule has 2 heterocycles. The average Bonchev–Trinajstić information content (AvgIpc) is 2.29. The van der Waals surface area contributed by atoms with Crippen LogP contribution in [0.3, 0.4) is 0 Å². The molecule has 1 aliphatic heterocycles. The molecule has 1 aromatic heterocycles. The first kappa shape index (κ1) is 13.1. The van der Waals surface area contributed by atoms with Crippen LogP contribution in [0.25, 0.3) is 0 Å². The largest absolute Gasteiger partial charge is 0.462 e. The quantitative estimate of drug-likeness (QED) is 0.783. The van der Waals surface area contributed by atoms with E-state index in [4.69, 9.17) is 30.2 Å². The summed E-state index contributed by atoms with van der Waals surface area (Å²) in [6.07, 6.45) is -0.186. The maximum Gasteiger partial charge on any atom is 0.345 e. The fourth-order valence-electron chi connectivity index (χ4n) is 1.45. The van der Waals surface area contributed by atoms with Gasteiger partial charge in [0.1, 0.15) is 16.8 Å². The number of carbonyl (C=O) groups is 1. The van der Waals surface area contributed by atoms with Gasteiger partial charge in [-0.25, -0.2) is 4.79 Å². The molecule has 0 atom stereocenters. The van der Waals surface area contributed by atoms with Gasteiger partial charge in [-0.2, -0.15) is 0 Å². The molecule has 6 nitrogen and oxygen atoms in total. The van der Waals surface area contributed by atoms with Crippen molar-refractivity contribution in [2.24, 2.45) is 0 Å². The van der Waals surface area contributed by atoms with Gasteiger partial charge in [-0.05, 0) is 13.8 Å². The number of carbonyl (C=O) groups excluding carboxylic acids is 1. The number of rotatable bonds is 3. The molecule has 0 N–H and O–H groups in total. The van der Waals surface area contributed by atoms with Crippen molar-refractivity contribution in [3.05, 3.63) is 32.8 Å². The van der Waals surface area contributed by atoms with Gasteiger partial charge >= 0.3 is 5.97 Å². The summed E-state index contributed by atoms with van der Waals surface area (Å²) in [6.45, 7) is 3.48. The molecule has 1 aliphatic rings. The van der Waals surface area contributed by atoms with Crippen molar-refractivity contribution < 1.29 is 23.4 Å². The van der Waals surface area contributed by atoms with Crippen molar-refractivity contribution in [3.63, 3.8) is 0 Å². The van der Waals surface area contributed by atoms with Crippen molar-refractivity contribution >= 4 is 17.6 Å². The SMILES string of the molecule is CCOC(=O)c1coc(C2OC(C)O2)c(Cl)c1=O. The lowest BCUT2D eigenvalue weighted by atomic mass is 10.2. The molecule has 0 aliphatic carbocycles. The molecule has 1 fully saturated rings. The highest BCUT2D eigenvalue weighted by Crippen LogP contribution is 2.34. The molecule has 0 radical (unpaired) electrons. The van der Waals surface area contributed by atoms with E-state index in [0.29, 0.717) is 0 Å². The Bertz CT molecular complexity index is 517. The summed E-state index contributed by atoms with van der Waals surface area (Å²) in [4.78, 5) is 23.3. The Morgan fingerprint density at radius 3 is 2.72 bits per heavy atom. The van der Waals surface area contributed by atoms with E-state index in [2.05, 4.69) is 0 Å². The summed E-state index contributed by atoms with van der Waals surface area (Å²) >= 11 is 5.82. The van der Waals surface area contributed by atoms with Crippen LogP contribution in [0.4, 0.5) is 0 Å². The molecule has 98 valence electrons. The van der Waals surface area contributed by atoms with Gasteiger partial charge in [-0.15, -0.1) is 0 Å². The van der Waals surface area contributed by atoms with Crippen LogP contribution in [-0.4, -0.2) is 18.9 Å². The van der Waals surface area contributed by atoms with Crippen LogP contribution in [0.5, 0.6) is 0 Å². The second-order valence-electron chi connectivity index (χ2n) is 3.55. The van der Waals surface area contributed by atoms with E-state index in [-0.39, 0.29) is 29.2 Å². The zero-order valence-electron chi connectivity index (χ0n) is 9.77. The molecule has 18 heavy (non-hydrogen) atoms. The fourth-order valence-corrected chi connectivity index (χ4v) is 1.68. The molecule has 0 saturated carbocycles. The lowest BCUT2D eigenvalue weighted by Gasteiger charge is -2.32. The van der Waals surface area contributed by atoms with Crippen molar-refractivity contribution in [1.82, 2.24) is 0 Å². The van der Waals surface area contributed by atoms with Crippen LogP contribution in [0.15, 0.2) is 15.5 Å². The minimum Gasteiger partial charge on any atom is -0.462 e. The van der Waals surface area contributed by atoms with Gasteiger partial charge in [0.2, 0.25) is 11.7 Å². The van der Waals surface area contributed by atoms with Gasteiger partial charge < -0.3 is 18.6 Å². The Morgan fingerprint density at radius 1 is 1.50 bits per heavy atom. The van der Waals surface area contributed by atoms with Crippen molar-refractivity contribution in [2.45, 2.75) is 26.4 Å². The van der Waals surface area contributed by atoms with E-state index < -0.39 is 17.7 Å². The lowest BCUT2D eigenvalue weighted by molar-refractivity contribution is -0.387. The van der Waals surface area contributed by atoms with Crippen LogP contribution in [0.1, 0.15) is 36.3 Å². The molecular weight excluding hydrogens is 264 g/mol. The first-order valence-electron chi connectivity index (χ1n) is 5.33. The van der Waals surface area contributed by atoms with Crippen LogP contribution >= 0.6 is 11.6 Å². The van der Waals surface area contributed by atoms with E-state index in [9.17, 15) is 9.59 Å². The summed E-state index contributed by atoms with van der Waals surface area (Å²) in [7, 11) is 0. The third-order valence-electron chi connectivity index (χ3n) is 2.30. The summed E-state index contributed by atoms with van der Waals surface area (Å²) < 4.78 is 20.1. The van der Waals surface area contributed by atoms with Gasteiger partial charge in [0.25, 0.3) is 0 Å². The summed E-state index contributed by atoms with van der Waals surface area (Å²) in [5, 5.41) is -0.238. The third-order valence-corrected chi connectivity index (χ3v) is 2.66. The van der Waals surface area contributed by atoms with Gasteiger partial charge in [-0.3, -0.25) is 4.79 Å². The standard InChI is InChI=1S/C11H11ClO6/c1-3-15-10(14)6-4-16-9(7(12)8(6)13)11-17-5(2)18-11/h4-5,11H,3H2,1-2H3. The fraction of sp³-hybridized carbons (Fsp3) is 0.455. The van der Waals surface area contributed by atoms with Gasteiger partial charge in [-0.1, -0.05) is 11.6 Å². The number of esters is 1. The summed E-state index contributed by atoms with van der Waals surface area (Å²) in [5.41, 5.74) is -0.916. The Kier molecular flexibility index (Phi) is 3.70. The first-order chi connectivity index (χ1) is 8.54. The van der Waals surface area contributed by atoms with Crippen LogP contribution in [-0.2, 0) is 14.2 Å². The second-order valence-corrected chi connectivity index (χ2v) is 3.93. The highest BCUT2D eigenvalue weighted by molar-refractivity contribution is 6.31. The predicted molar refractivity (Wildman–Crippen MR) is 60.3 cm³/mol. The van der Waals surface area contributed by atoms with Gasteiger partial charge in [0.15, 0.2) is 12.1 Å². The molecule has 2 rings (SSSR count). The maximum atomic E-state index is 11.8. The monoisotopic (exact) mass is 274 g/mol. The van der Waals surface area contributed by atoms with E-state index in [1.165, 1.54) is 0 Å². The normalized spacial score (nSPS) is 22.4. The number of halogens is 1. The Hall–Kier alpha value is -1.37. The zero-order chi connectivity index (χ0) is 13.3. The molecule has 0 spiro atoms. The van der Waals surface area contributed by atoms with Crippen LogP contribution in [0.2, 0.25) is 5.02 Å². The molecule has 0 bridgehead atoms. The number of hydrogen-bond donors (Lipinski definition) is 0. The molecule has 0 amide bonds. The van der Waals surface area contributed by atoms with E-state index in [0.717, 1.165) is 6.26 Å². The lowest BCUT2D eigenvalue weighted by Crippen LogP contribution is -2.33. The topological polar surface area (TPSA) is 75.0 Å².